The predicted molar refractivity (Wildman–Crippen MR) is 60.9 cm³/mol. The van der Waals surface area contributed by atoms with Crippen molar-refractivity contribution in [1.82, 2.24) is 0 Å². The lowest BCUT2D eigenvalue weighted by molar-refractivity contribution is -0.131. The average Bonchev–Trinajstić information content (AvgIpc) is 2.14. The van der Waals surface area contributed by atoms with Crippen molar-refractivity contribution in [1.29, 1.82) is 0 Å². The fourth-order valence-corrected chi connectivity index (χ4v) is 1.42. The van der Waals surface area contributed by atoms with Crippen LogP contribution in [0.1, 0.15) is 0 Å². The van der Waals surface area contributed by atoms with Crippen LogP contribution in [0.3, 0.4) is 0 Å². The van der Waals surface area contributed by atoms with E-state index in [1.807, 2.05) is 0 Å². The van der Waals surface area contributed by atoms with E-state index in [-0.39, 0.29) is 21.1 Å². The van der Waals surface area contributed by atoms with Crippen molar-refractivity contribution in [3.05, 3.63) is 27.2 Å². The SMILES string of the molecule is O=C(CBr)Oc1cc(Cl)c(Cl)cc1Cl. The summed E-state index contributed by atoms with van der Waals surface area (Å²) in [5.41, 5.74) is 0. The molecule has 0 aliphatic carbocycles. The Morgan fingerprint density at radius 1 is 1.21 bits per heavy atom. The van der Waals surface area contributed by atoms with Crippen LogP contribution in [0.4, 0.5) is 0 Å². The minimum Gasteiger partial charge on any atom is -0.424 e. The smallest absolute Gasteiger partial charge is 0.322 e. The maximum atomic E-state index is 10.9. The van der Waals surface area contributed by atoms with Crippen molar-refractivity contribution in [3.63, 3.8) is 0 Å². The molecule has 0 N–H and O–H groups in total. The van der Waals surface area contributed by atoms with Crippen molar-refractivity contribution in [2.24, 2.45) is 0 Å². The van der Waals surface area contributed by atoms with Crippen molar-refractivity contribution >= 4 is 56.7 Å². The highest BCUT2D eigenvalue weighted by Gasteiger charge is 2.10. The van der Waals surface area contributed by atoms with Gasteiger partial charge in [0.05, 0.1) is 15.1 Å². The summed E-state index contributed by atoms with van der Waals surface area (Å²) in [7, 11) is 0. The maximum Gasteiger partial charge on any atom is 0.322 e. The maximum absolute atomic E-state index is 10.9. The molecule has 0 spiro atoms. The van der Waals surface area contributed by atoms with Gasteiger partial charge in [0.25, 0.3) is 0 Å². The van der Waals surface area contributed by atoms with Crippen LogP contribution in [0.2, 0.25) is 15.1 Å². The first-order valence-electron chi connectivity index (χ1n) is 3.45. The molecule has 0 aliphatic heterocycles. The van der Waals surface area contributed by atoms with Crippen molar-refractivity contribution in [3.8, 4) is 5.75 Å². The normalized spacial score (nSPS) is 10.0. The summed E-state index contributed by atoms with van der Waals surface area (Å²) in [6.45, 7) is 0. The van der Waals surface area contributed by atoms with Gasteiger partial charge < -0.3 is 4.74 Å². The van der Waals surface area contributed by atoms with E-state index < -0.39 is 5.97 Å². The number of carbonyl (C=O) groups is 1. The molecule has 2 nitrogen and oxygen atoms in total. The van der Waals surface area contributed by atoms with Gasteiger partial charge in [0.2, 0.25) is 0 Å². The van der Waals surface area contributed by atoms with Gasteiger partial charge in [-0.1, -0.05) is 50.7 Å². The summed E-state index contributed by atoms with van der Waals surface area (Å²) < 4.78 is 4.87. The van der Waals surface area contributed by atoms with Gasteiger partial charge in [-0.15, -0.1) is 0 Å². The van der Waals surface area contributed by atoms with Crippen LogP contribution in [-0.2, 0) is 4.79 Å². The van der Waals surface area contributed by atoms with E-state index >= 15 is 0 Å². The largest absolute Gasteiger partial charge is 0.424 e. The van der Waals surface area contributed by atoms with Gasteiger partial charge in [0.1, 0.15) is 5.33 Å². The Morgan fingerprint density at radius 3 is 2.36 bits per heavy atom. The van der Waals surface area contributed by atoms with Crippen molar-refractivity contribution < 1.29 is 9.53 Å². The second kappa shape index (κ2) is 5.21. The van der Waals surface area contributed by atoms with Gasteiger partial charge in [0.15, 0.2) is 5.75 Å². The van der Waals surface area contributed by atoms with E-state index in [4.69, 9.17) is 39.5 Å². The average molecular weight is 318 g/mol. The third-order valence-corrected chi connectivity index (χ3v) is 2.78. The topological polar surface area (TPSA) is 26.3 Å². The van der Waals surface area contributed by atoms with Crippen LogP contribution in [0.5, 0.6) is 5.75 Å². The van der Waals surface area contributed by atoms with E-state index in [9.17, 15) is 4.79 Å². The van der Waals surface area contributed by atoms with E-state index in [1.54, 1.807) is 0 Å². The zero-order valence-corrected chi connectivity index (χ0v) is 10.5. The van der Waals surface area contributed by atoms with Crippen molar-refractivity contribution in [2.45, 2.75) is 0 Å². The number of halogens is 4. The summed E-state index contributed by atoms with van der Waals surface area (Å²) in [5.74, 6) is -0.254. The molecule has 0 aliphatic rings. The zero-order chi connectivity index (χ0) is 10.7. The minimum absolute atomic E-state index is 0.0869. The lowest BCUT2D eigenvalue weighted by Crippen LogP contribution is -2.08. The van der Waals surface area contributed by atoms with Gasteiger partial charge in [0, 0.05) is 6.07 Å². The van der Waals surface area contributed by atoms with Crippen LogP contribution >= 0.6 is 50.7 Å². The van der Waals surface area contributed by atoms with Gasteiger partial charge >= 0.3 is 5.97 Å². The molecule has 0 radical (unpaired) electrons. The molecule has 6 heteroatoms. The van der Waals surface area contributed by atoms with Crippen LogP contribution in [0.15, 0.2) is 12.1 Å². The monoisotopic (exact) mass is 316 g/mol. The number of ether oxygens (including phenoxy) is 1. The molecule has 0 atom stereocenters. The number of carbonyl (C=O) groups excluding carboxylic acids is 1. The molecule has 0 unspecified atom stereocenters. The molecule has 1 rings (SSSR count). The summed E-state index contributed by atoms with van der Waals surface area (Å²) in [6, 6.07) is 2.81. The standard InChI is InChI=1S/C8H4BrCl3O2/c9-3-8(13)14-7-2-5(11)4(10)1-6(7)12/h1-2H,3H2. The van der Waals surface area contributed by atoms with E-state index in [2.05, 4.69) is 15.9 Å². The second-order valence-corrected chi connectivity index (χ2v) is 4.09. The Morgan fingerprint density at radius 2 is 1.79 bits per heavy atom. The first kappa shape index (κ1) is 12.1. The van der Waals surface area contributed by atoms with Crippen LogP contribution < -0.4 is 4.74 Å². The van der Waals surface area contributed by atoms with Crippen molar-refractivity contribution in [2.75, 3.05) is 5.33 Å². The number of hydrogen-bond donors (Lipinski definition) is 0. The molecule has 76 valence electrons. The first-order valence-corrected chi connectivity index (χ1v) is 5.71. The van der Waals surface area contributed by atoms with Gasteiger partial charge in [-0.2, -0.15) is 0 Å². The molecule has 0 fully saturated rings. The number of benzene rings is 1. The Bertz CT molecular complexity index is 368. The number of rotatable bonds is 2. The zero-order valence-electron chi connectivity index (χ0n) is 6.69. The Hall–Kier alpha value is 0.0400. The van der Waals surface area contributed by atoms with Crippen LogP contribution in [0, 0.1) is 0 Å². The highest BCUT2D eigenvalue weighted by atomic mass is 79.9. The third-order valence-electron chi connectivity index (χ3n) is 1.31. The fourth-order valence-electron chi connectivity index (χ4n) is 0.732. The Balaban J connectivity index is 2.98. The number of hydrogen-bond acceptors (Lipinski definition) is 2. The Kier molecular flexibility index (Phi) is 4.51. The lowest BCUT2D eigenvalue weighted by Gasteiger charge is -2.05. The van der Waals surface area contributed by atoms with Gasteiger partial charge in [-0.3, -0.25) is 4.79 Å². The molecular weight excluding hydrogens is 314 g/mol. The summed E-state index contributed by atoms with van der Waals surface area (Å²) in [6.07, 6.45) is 0. The van der Waals surface area contributed by atoms with E-state index in [1.165, 1.54) is 12.1 Å². The van der Waals surface area contributed by atoms with E-state index in [0.717, 1.165) is 0 Å². The highest BCUT2D eigenvalue weighted by Crippen LogP contribution is 2.33. The second-order valence-electron chi connectivity index (χ2n) is 2.30. The van der Waals surface area contributed by atoms with Crippen LogP contribution in [-0.4, -0.2) is 11.3 Å². The molecule has 0 amide bonds. The molecule has 0 bridgehead atoms. The van der Waals surface area contributed by atoms with Crippen LogP contribution in [0.25, 0.3) is 0 Å². The van der Waals surface area contributed by atoms with E-state index in [0.29, 0.717) is 5.02 Å². The Labute approximate surface area is 104 Å². The molecule has 1 aromatic rings. The molecule has 0 heterocycles. The third kappa shape index (κ3) is 3.02. The molecule has 0 aromatic heterocycles. The molecule has 1 aromatic carbocycles. The lowest BCUT2D eigenvalue weighted by atomic mass is 10.3. The quantitative estimate of drug-likeness (QED) is 0.357. The number of alkyl halides is 1. The highest BCUT2D eigenvalue weighted by molar-refractivity contribution is 9.09. The molecular formula is C8H4BrCl3O2. The first-order chi connectivity index (χ1) is 6.54. The molecule has 0 saturated carbocycles. The predicted octanol–water partition coefficient (Wildman–Crippen LogP) is 3.95. The molecule has 0 saturated heterocycles. The molecule has 14 heavy (non-hydrogen) atoms. The fraction of sp³-hybridized carbons (Fsp3) is 0.125. The summed E-state index contributed by atoms with van der Waals surface area (Å²) >= 11 is 20.1. The summed E-state index contributed by atoms with van der Waals surface area (Å²) in [5, 5.41) is 0.932. The van der Waals surface area contributed by atoms with Gasteiger partial charge in [-0.05, 0) is 6.07 Å². The summed E-state index contributed by atoms with van der Waals surface area (Å²) in [4.78, 5) is 10.9. The van der Waals surface area contributed by atoms with Gasteiger partial charge in [-0.25, -0.2) is 0 Å². The number of esters is 1. The minimum atomic E-state index is -0.453.